The number of methoxy groups -OCH3 is 1. The van der Waals surface area contributed by atoms with E-state index >= 15 is 0 Å². The molecule has 0 saturated heterocycles. The van der Waals surface area contributed by atoms with Crippen LogP contribution in [0.1, 0.15) is 36.0 Å². The minimum absolute atomic E-state index is 0.0394. The highest BCUT2D eigenvalue weighted by atomic mass is 19.3. The predicted molar refractivity (Wildman–Crippen MR) is 80.5 cm³/mol. The van der Waals surface area contributed by atoms with Crippen LogP contribution < -0.4 is 14.8 Å². The van der Waals surface area contributed by atoms with Crippen molar-refractivity contribution in [2.24, 2.45) is 5.92 Å². The number of carbonyl (C=O) groups excluding carboxylic acids is 1. The highest BCUT2D eigenvalue weighted by molar-refractivity contribution is 5.95. The molecule has 2 rings (SSSR count). The Morgan fingerprint density at radius 1 is 1.21 bits per heavy atom. The van der Waals surface area contributed by atoms with Crippen LogP contribution in [0.25, 0.3) is 0 Å². The van der Waals surface area contributed by atoms with Crippen LogP contribution in [0.5, 0.6) is 11.5 Å². The van der Waals surface area contributed by atoms with Crippen LogP contribution in [0.2, 0.25) is 0 Å². The van der Waals surface area contributed by atoms with Gasteiger partial charge in [-0.2, -0.15) is 8.78 Å². The summed E-state index contributed by atoms with van der Waals surface area (Å²) in [6.07, 6.45) is 2.22. The number of benzene rings is 1. The number of hydrogen-bond donors (Lipinski definition) is 2. The second-order valence-electron chi connectivity index (χ2n) is 5.60. The van der Waals surface area contributed by atoms with Crippen LogP contribution in [0.15, 0.2) is 18.2 Å². The molecule has 0 unspecified atom stereocenters. The van der Waals surface area contributed by atoms with E-state index in [1.54, 1.807) is 0 Å². The lowest BCUT2D eigenvalue weighted by molar-refractivity contribution is -0.142. The number of carboxylic acids is 1. The largest absolute Gasteiger partial charge is 0.493 e. The van der Waals surface area contributed by atoms with Gasteiger partial charge >= 0.3 is 12.6 Å². The van der Waals surface area contributed by atoms with Crippen molar-refractivity contribution >= 4 is 11.9 Å². The van der Waals surface area contributed by atoms with Gasteiger partial charge in [0.25, 0.3) is 5.91 Å². The zero-order valence-corrected chi connectivity index (χ0v) is 13.1. The van der Waals surface area contributed by atoms with Gasteiger partial charge in [-0.15, -0.1) is 0 Å². The second kappa shape index (κ2) is 7.94. The minimum atomic E-state index is -2.98. The molecule has 0 radical (unpaired) electrons. The van der Waals surface area contributed by atoms with E-state index in [2.05, 4.69) is 10.1 Å². The van der Waals surface area contributed by atoms with E-state index in [0.717, 1.165) is 0 Å². The number of hydrogen-bond acceptors (Lipinski definition) is 4. The number of carbonyl (C=O) groups is 2. The topological polar surface area (TPSA) is 84.9 Å². The first-order valence-corrected chi connectivity index (χ1v) is 7.57. The Hall–Kier alpha value is -2.38. The molecule has 1 aliphatic rings. The molecule has 1 saturated carbocycles. The highest BCUT2D eigenvalue weighted by Crippen LogP contribution is 2.30. The molecule has 0 aromatic heterocycles. The number of rotatable bonds is 6. The normalized spacial score (nSPS) is 20.5. The standard InChI is InChI=1S/C16H19F2NO5/c1-23-13-8-10(4-7-12(13)24-16(17)18)14(20)19-11-5-2-9(3-6-11)15(21)22/h4,7-9,11,16H,2-3,5-6H2,1H3,(H,19,20)(H,21,22). The Morgan fingerprint density at radius 3 is 2.42 bits per heavy atom. The summed E-state index contributed by atoms with van der Waals surface area (Å²) in [5.41, 5.74) is 0.258. The Kier molecular flexibility index (Phi) is 5.94. The molecule has 1 aromatic carbocycles. The smallest absolute Gasteiger partial charge is 0.387 e. The van der Waals surface area contributed by atoms with Gasteiger partial charge < -0.3 is 19.9 Å². The minimum Gasteiger partial charge on any atom is -0.493 e. The molecule has 0 bridgehead atoms. The molecule has 2 N–H and O–H groups in total. The number of alkyl halides is 2. The molecular formula is C16H19F2NO5. The summed E-state index contributed by atoms with van der Waals surface area (Å²) in [5, 5.41) is 11.8. The van der Waals surface area contributed by atoms with Gasteiger partial charge in [0.15, 0.2) is 11.5 Å². The van der Waals surface area contributed by atoms with Gasteiger partial charge in [-0.1, -0.05) is 0 Å². The van der Waals surface area contributed by atoms with Crippen molar-refractivity contribution in [1.29, 1.82) is 0 Å². The van der Waals surface area contributed by atoms with Gasteiger partial charge in [-0.3, -0.25) is 9.59 Å². The number of ether oxygens (including phenoxy) is 2. The molecule has 1 amide bonds. The fraction of sp³-hybridized carbons (Fsp3) is 0.500. The number of nitrogens with one attached hydrogen (secondary N) is 1. The lowest BCUT2D eigenvalue weighted by Crippen LogP contribution is -2.38. The van der Waals surface area contributed by atoms with Gasteiger partial charge in [0.1, 0.15) is 0 Å². The van der Waals surface area contributed by atoms with Crippen molar-refractivity contribution in [3.05, 3.63) is 23.8 Å². The van der Waals surface area contributed by atoms with Crippen molar-refractivity contribution in [3.63, 3.8) is 0 Å². The van der Waals surface area contributed by atoms with E-state index in [4.69, 9.17) is 9.84 Å². The van der Waals surface area contributed by atoms with Gasteiger partial charge in [-0.25, -0.2) is 0 Å². The fourth-order valence-corrected chi connectivity index (χ4v) is 2.76. The summed E-state index contributed by atoms with van der Waals surface area (Å²) >= 11 is 0. The van der Waals surface area contributed by atoms with Crippen LogP contribution in [-0.2, 0) is 4.79 Å². The molecule has 1 fully saturated rings. The number of carboxylic acid groups (broad SMARTS) is 1. The molecule has 0 spiro atoms. The first kappa shape index (κ1) is 18.0. The van der Waals surface area contributed by atoms with E-state index in [1.807, 2.05) is 0 Å². The van der Waals surface area contributed by atoms with Crippen LogP contribution in [-0.4, -0.2) is 36.7 Å². The van der Waals surface area contributed by atoms with Gasteiger partial charge in [0, 0.05) is 11.6 Å². The molecule has 0 heterocycles. The first-order chi connectivity index (χ1) is 11.4. The Labute approximate surface area is 137 Å². The summed E-state index contributed by atoms with van der Waals surface area (Å²) < 4.78 is 33.9. The molecule has 0 aliphatic heterocycles. The van der Waals surface area contributed by atoms with E-state index < -0.39 is 12.6 Å². The van der Waals surface area contributed by atoms with Crippen LogP contribution >= 0.6 is 0 Å². The third kappa shape index (κ3) is 4.56. The number of halogens is 2. The fourth-order valence-electron chi connectivity index (χ4n) is 2.76. The van der Waals surface area contributed by atoms with E-state index in [9.17, 15) is 18.4 Å². The maximum atomic E-state index is 12.3. The van der Waals surface area contributed by atoms with Crippen LogP contribution in [0.4, 0.5) is 8.78 Å². The van der Waals surface area contributed by atoms with Crippen LogP contribution in [0, 0.1) is 5.92 Å². The summed E-state index contributed by atoms with van der Waals surface area (Å²) in [4.78, 5) is 23.2. The zero-order valence-electron chi connectivity index (χ0n) is 13.1. The maximum absolute atomic E-state index is 12.3. The SMILES string of the molecule is COc1cc(C(=O)NC2CCC(C(=O)O)CC2)ccc1OC(F)F. The Morgan fingerprint density at radius 2 is 1.88 bits per heavy atom. The maximum Gasteiger partial charge on any atom is 0.387 e. The zero-order chi connectivity index (χ0) is 17.7. The highest BCUT2D eigenvalue weighted by Gasteiger charge is 2.27. The molecular weight excluding hydrogens is 324 g/mol. The van der Waals surface area contributed by atoms with Crippen molar-refractivity contribution in [1.82, 2.24) is 5.32 Å². The summed E-state index contributed by atoms with van der Waals surface area (Å²) in [5.74, 6) is -1.64. The second-order valence-corrected chi connectivity index (χ2v) is 5.60. The van der Waals surface area contributed by atoms with Crippen molar-refractivity contribution in [2.45, 2.75) is 38.3 Å². The summed E-state index contributed by atoms with van der Waals surface area (Å²) in [7, 11) is 1.29. The quantitative estimate of drug-likeness (QED) is 0.829. The van der Waals surface area contributed by atoms with E-state index in [1.165, 1.54) is 25.3 Å². The molecule has 0 atom stereocenters. The van der Waals surface area contributed by atoms with Crippen molar-refractivity contribution in [3.8, 4) is 11.5 Å². The molecule has 1 aliphatic carbocycles. The average molecular weight is 343 g/mol. The van der Waals surface area contributed by atoms with Crippen LogP contribution in [0.3, 0.4) is 0 Å². The number of aliphatic carboxylic acids is 1. The van der Waals surface area contributed by atoms with Gasteiger partial charge in [0.05, 0.1) is 13.0 Å². The monoisotopic (exact) mass is 343 g/mol. The lowest BCUT2D eigenvalue weighted by atomic mass is 9.86. The van der Waals surface area contributed by atoms with Crippen molar-refractivity contribution in [2.75, 3.05) is 7.11 Å². The Balaban J connectivity index is 1.99. The Bertz CT molecular complexity index is 600. The predicted octanol–water partition coefficient (Wildman–Crippen LogP) is 2.67. The molecule has 6 nitrogen and oxygen atoms in total. The third-order valence-corrected chi connectivity index (χ3v) is 4.05. The molecule has 24 heavy (non-hydrogen) atoms. The third-order valence-electron chi connectivity index (χ3n) is 4.05. The van der Waals surface area contributed by atoms with Gasteiger partial charge in [0.2, 0.25) is 0 Å². The van der Waals surface area contributed by atoms with Crippen molar-refractivity contribution < 1.29 is 33.0 Å². The number of amides is 1. The van der Waals surface area contributed by atoms with E-state index in [0.29, 0.717) is 25.7 Å². The summed E-state index contributed by atoms with van der Waals surface area (Å²) in [6.45, 7) is -2.98. The average Bonchev–Trinajstić information content (AvgIpc) is 2.55. The molecule has 8 heteroatoms. The van der Waals surface area contributed by atoms with E-state index in [-0.39, 0.29) is 34.9 Å². The first-order valence-electron chi connectivity index (χ1n) is 7.57. The molecule has 1 aromatic rings. The van der Waals surface area contributed by atoms with Gasteiger partial charge in [-0.05, 0) is 43.9 Å². The lowest BCUT2D eigenvalue weighted by Gasteiger charge is -2.26. The summed E-state index contributed by atoms with van der Waals surface area (Å²) in [6, 6.07) is 3.85. The molecule has 132 valence electrons.